The van der Waals surface area contributed by atoms with Crippen molar-refractivity contribution < 1.29 is 13.2 Å². The fourth-order valence-electron chi connectivity index (χ4n) is 1.47. The van der Waals surface area contributed by atoms with E-state index in [1.54, 1.807) is 7.11 Å². The predicted molar refractivity (Wildman–Crippen MR) is 65.8 cm³/mol. The molecule has 0 aliphatic rings. The maximum atomic E-state index is 10.9. The minimum absolute atomic E-state index is 0.0760. The van der Waals surface area contributed by atoms with Crippen molar-refractivity contribution in [3.63, 3.8) is 0 Å². The minimum Gasteiger partial charge on any atom is -0.496 e. The molecule has 0 aliphatic carbocycles. The van der Waals surface area contributed by atoms with E-state index in [0.717, 1.165) is 16.7 Å². The zero-order chi connectivity index (χ0) is 12.3. The Morgan fingerprint density at radius 1 is 1.25 bits per heavy atom. The second kappa shape index (κ2) is 5.06. The van der Waals surface area contributed by atoms with E-state index in [0.29, 0.717) is 12.2 Å². The molecule has 90 valence electrons. The van der Waals surface area contributed by atoms with Crippen LogP contribution in [0, 0.1) is 13.8 Å². The lowest BCUT2D eigenvalue weighted by molar-refractivity contribution is 0.409. The Balaban J connectivity index is 2.99. The highest BCUT2D eigenvalue weighted by molar-refractivity contribution is 8.13. The average Bonchev–Trinajstić information content (AvgIpc) is 2.18. The summed E-state index contributed by atoms with van der Waals surface area (Å²) >= 11 is 0. The molecule has 0 heterocycles. The van der Waals surface area contributed by atoms with E-state index in [-0.39, 0.29) is 5.75 Å². The molecule has 0 unspecified atom stereocenters. The Bertz CT molecular complexity index is 480. The van der Waals surface area contributed by atoms with Gasteiger partial charge in [-0.05, 0) is 43.0 Å². The highest BCUT2D eigenvalue weighted by Crippen LogP contribution is 2.24. The summed E-state index contributed by atoms with van der Waals surface area (Å²) < 4.78 is 27.0. The molecule has 0 fully saturated rings. The van der Waals surface area contributed by atoms with Gasteiger partial charge in [0.25, 0.3) is 0 Å². The fourth-order valence-corrected chi connectivity index (χ4v) is 2.16. The summed E-state index contributed by atoms with van der Waals surface area (Å²) in [6.07, 6.45) is 0.371. The van der Waals surface area contributed by atoms with Crippen LogP contribution in [0.25, 0.3) is 0 Å². The number of halogens is 1. The summed E-state index contributed by atoms with van der Waals surface area (Å²) in [7, 11) is 3.30. The Kier molecular flexibility index (Phi) is 4.21. The topological polar surface area (TPSA) is 43.4 Å². The van der Waals surface area contributed by atoms with Crippen molar-refractivity contribution in [2.45, 2.75) is 20.3 Å². The van der Waals surface area contributed by atoms with Gasteiger partial charge < -0.3 is 4.74 Å². The number of hydrogen-bond donors (Lipinski definition) is 0. The van der Waals surface area contributed by atoms with Gasteiger partial charge in [0.1, 0.15) is 5.75 Å². The first-order chi connectivity index (χ1) is 7.33. The van der Waals surface area contributed by atoms with Crippen LogP contribution in [0.15, 0.2) is 12.1 Å². The Hall–Kier alpha value is -0.740. The van der Waals surface area contributed by atoms with E-state index in [1.807, 2.05) is 26.0 Å². The van der Waals surface area contributed by atoms with Crippen LogP contribution in [-0.4, -0.2) is 21.3 Å². The van der Waals surface area contributed by atoms with E-state index in [1.165, 1.54) is 0 Å². The number of aryl methyl sites for hydroxylation is 3. The Labute approximate surface area is 101 Å². The van der Waals surface area contributed by atoms with Gasteiger partial charge in [0.05, 0.1) is 12.9 Å². The van der Waals surface area contributed by atoms with Gasteiger partial charge in [-0.1, -0.05) is 6.07 Å². The summed E-state index contributed by atoms with van der Waals surface area (Å²) in [6.45, 7) is 3.97. The summed E-state index contributed by atoms with van der Waals surface area (Å²) in [5, 5.41) is 0. The molecule has 1 aromatic rings. The second-order valence-corrected chi connectivity index (χ2v) is 6.64. The third-order valence-electron chi connectivity index (χ3n) is 2.51. The van der Waals surface area contributed by atoms with Crippen LogP contribution in [-0.2, 0) is 15.5 Å². The molecule has 0 spiro atoms. The first-order valence-electron chi connectivity index (χ1n) is 4.90. The summed E-state index contributed by atoms with van der Waals surface area (Å²) in [4.78, 5) is 0. The maximum absolute atomic E-state index is 10.9. The van der Waals surface area contributed by atoms with Gasteiger partial charge in [-0.15, -0.1) is 0 Å². The van der Waals surface area contributed by atoms with Crippen LogP contribution in [0.5, 0.6) is 5.75 Å². The number of benzene rings is 1. The van der Waals surface area contributed by atoms with Crippen molar-refractivity contribution in [3.8, 4) is 5.75 Å². The molecule has 5 heteroatoms. The zero-order valence-corrected chi connectivity index (χ0v) is 11.2. The minimum atomic E-state index is -3.45. The normalized spacial score (nSPS) is 11.5. The van der Waals surface area contributed by atoms with E-state index >= 15 is 0 Å². The van der Waals surface area contributed by atoms with Gasteiger partial charge in [-0.3, -0.25) is 0 Å². The van der Waals surface area contributed by atoms with Crippen molar-refractivity contribution in [1.82, 2.24) is 0 Å². The van der Waals surface area contributed by atoms with Gasteiger partial charge in [-0.2, -0.15) is 0 Å². The summed E-state index contributed by atoms with van der Waals surface area (Å²) in [5.41, 5.74) is 3.10. The highest BCUT2D eigenvalue weighted by Gasteiger charge is 2.10. The fraction of sp³-hybridized carbons (Fsp3) is 0.455. The van der Waals surface area contributed by atoms with Crippen LogP contribution in [0.4, 0.5) is 0 Å². The molecule has 1 aromatic carbocycles. The largest absolute Gasteiger partial charge is 0.496 e. The zero-order valence-electron chi connectivity index (χ0n) is 9.58. The third-order valence-corrected chi connectivity index (χ3v) is 3.67. The van der Waals surface area contributed by atoms with Crippen LogP contribution in [0.3, 0.4) is 0 Å². The van der Waals surface area contributed by atoms with Gasteiger partial charge in [0.15, 0.2) is 0 Å². The van der Waals surface area contributed by atoms with Gasteiger partial charge in [0, 0.05) is 10.7 Å². The van der Waals surface area contributed by atoms with Gasteiger partial charge in [-0.25, -0.2) is 8.42 Å². The molecule has 0 aliphatic heterocycles. The lowest BCUT2D eigenvalue weighted by Gasteiger charge is -2.11. The maximum Gasteiger partial charge on any atom is 0.232 e. The van der Waals surface area contributed by atoms with Crippen molar-refractivity contribution in [1.29, 1.82) is 0 Å². The number of methoxy groups -OCH3 is 1. The molecule has 0 atom stereocenters. The van der Waals surface area contributed by atoms with Crippen molar-refractivity contribution in [2.75, 3.05) is 12.9 Å². The third kappa shape index (κ3) is 3.68. The van der Waals surface area contributed by atoms with E-state index < -0.39 is 9.05 Å². The molecule has 0 bridgehead atoms. The lowest BCUT2D eigenvalue weighted by atomic mass is 10.0. The molecule has 0 radical (unpaired) electrons. The van der Waals surface area contributed by atoms with E-state index in [4.69, 9.17) is 15.4 Å². The first-order valence-corrected chi connectivity index (χ1v) is 7.38. The molecular weight excluding hydrogens is 248 g/mol. The number of ether oxygens (including phenoxy) is 1. The van der Waals surface area contributed by atoms with Crippen molar-refractivity contribution >= 4 is 19.7 Å². The molecule has 1 rings (SSSR count). The van der Waals surface area contributed by atoms with Crippen LogP contribution in [0.1, 0.15) is 16.7 Å². The summed E-state index contributed by atoms with van der Waals surface area (Å²) in [5.74, 6) is 0.636. The van der Waals surface area contributed by atoms with Crippen molar-refractivity contribution in [2.24, 2.45) is 0 Å². The van der Waals surface area contributed by atoms with Crippen LogP contribution < -0.4 is 4.74 Å². The first kappa shape index (κ1) is 13.3. The smallest absolute Gasteiger partial charge is 0.232 e. The molecule has 0 saturated heterocycles. The van der Waals surface area contributed by atoms with Crippen LogP contribution in [0.2, 0.25) is 0 Å². The molecule has 0 saturated carbocycles. The SMILES string of the molecule is COc1cc(C)c(C)cc1CCS(=O)(=O)Cl. The van der Waals surface area contributed by atoms with E-state index in [9.17, 15) is 8.42 Å². The quantitative estimate of drug-likeness (QED) is 0.783. The van der Waals surface area contributed by atoms with Gasteiger partial charge in [0.2, 0.25) is 9.05 Å². The number of rotatable bonds is 4. The van der Waals surface area contributed by atoms with Gasteiger partial charge >= 0.3 is 0 Å². The second-order valence-electron chi connectivity index (χ2n) is 3.74. The molecule has 0 N–H and O–H groups in total. The molecule has 0 aromatic heterocycles. The summed E-state index contributed by atoms with van der Waals surface area (Å²) in [6, 6.07) is 3.85. The lowest BCUT2D eigenvalue weighted by Crippen LogP contribution is -2.03. The number of hydrogen-bond acceptors (Lipinski definition) is 3. The molecule has 16 heavy (non-hydrogen) atoms. The van der Waals surface area contributed by atoms with E-state index in [2.05, 4.69) is 0 Å². The Morgan fingerprint density at radius 3 is 2.31 bits per heavy atom. The highest BCUT2D eigenvalue weighted by atomic mass is 35.7. The molecule has 0 amide bonds. The predicted octanol–water partition coefficient (Wildman–Crippen LogP) is 2.42. The average molecular weight is 263 g/mol. The molecular formula is C11H15ClO3S. The van der Waals surface area contributed by atoms with Crippen LogP contribution >= 0.6 is 10.7 Å². The standard InChI is InChI=1S/C11H15ClO3S/c1-8-6-10(4-5-16(12,13)14)11(15-3)7-9(8)2/h6-7H,4-5H2,1-3H3. The van der Waals surface area contributed by atoms with Crippen molar-refractivity contribution in [3.05, 3.63) is 28.8 Å². The Morgan fingerprint density at radius 2 is 1.81 bits per heavy atom. The molecule has 3 nitrogen and oxygen atoms in total. The monoisotopic (exact) mass is 262 g/mol.